The maximum Gasteiger partial charge on any atom is 0.332 e. The van der Waals surface area contributed by atoms with Crippen LogP contribution in [-0.2, 0) is 21.9 Å². The number of carboxylic acid groups (broad SMARTS) is 1. The molecule has 0 aromatic carbocycles. The first-order valence-corrected chi connectivity index (χ1v) is 7.06. The van der Waals surface area contributed by atoms with Gasteiger partial charge in [0, 0.05) is 26.2 Å². The molecule has 112 valence electrons. The fourth-order valence-electron chi connectivity index (χ4n) is 1.45. The highest BCUT2D eigenvalue weighted by Crippen LogP contribution is 2.11. The van der Waals surface area contributed by atoms with E-state index in [1.807, 2.05) is 0 Å². The molecule has 9 nitrogen and oxygen atoms in total. The van der Waals surface area contributed by atoms with Crippen LogP contribution in [0.5, 0.6) is 0 Å². The first kappa shape index (κ1) is 16.1. The predicted molar refractivity (Wildman–Crippen MR) is 67.4 cm³/mol. The average molecular weight is 305 g/mol. The molecule has 0 spiro atoms. The lowest BCUT2D eigenvalue weighted by Gasteiger charge is -2.07. The van der Waals surface area contributed by atoms with Gasteiger partial charge in [0.15, 0.2) is 6.10 Å². The second kappa shape index (κ2) is 6.03. The molecular formula is C10H15N3O6S. The normalized spacial score (nSPS) is 12.9. The van der Waals surface area contributed by atoms with Gasteiger partial charge in [0.2, 0.25) is 10.0 Å². The van der Waals surface area contributed by atoms with Crippen molar-refractivity contribution in [2.24, 2.45) is 12.2 Å². The van der Waals surface area contributed by atoms with Crippen LogP contribution in [-0.4, -0.2) is 47.7 Å². The largest absolute Gasteiger partial charge is 0.479 e. The van der Waals surface area contributed by atoms with Gasteiger partial charge in [-0.15, -0.1) is 0 Å². The average Bonchev–Trinajstić information content (AvgIpc) is 2.70. The summed E-state index contributed by atoms with van der Waals surface area (Å²) in [6.45, 7) is -0.0673. The van der Waals surface area contributed by atoms with Crippen molar-refractivity contribution < 1.29 is 28.2 Å². The van der Waals surface area contributed by atoms with Crippen molar-refractivity contribution in [2.45, 2.75) is 17.4 Å². The fraction of sp³-hybridized carbons (Fsp3) is 0.400. The van der Waals surface area contributed by atoms with Crippen LogP contribution in [0.15, 0.2) is 17.2 Å². The fourth-order valence-corrected chi connectivity index (χ4v) is 2.03. The molecule has 0 bridgehead atoms. The Balaban J connectivity index is 2.69. The number of aliphatic carboxylic acids is 1. The molecule has 0 aliphatic heterocycles. The molecule has 10 heteroatoms. The van der Waals surface area contributed by atoms with Gasteiger partial charge in [-0.3, -0.25) is 4.79 Å². The number of nitrogens with zero attached hydrogens (tertiary/aromatic N) is 1. The van der Waals surface area contributed by atoms with Crippen LogP contribution < -0.4 is 10.5 Å². The van der Waals surface area contributed by atoms with Gasteiger partial charge in [-0.2, -0.15) is 0 Å². The second-order valence-electron chi connectivity index (χ2n) is 4.12. The Bertz CT molecular complexity index is 621. The van der Waals surface area contributed by atoms with Crippen LogP contribution in [0.1, 0.15) is 16.9 Å². The minimum atomic E-state index is -3.90. The number of sulfonamides is 1. The van der Waals surface area contributed by atoms with Crippen LogP contribution in [0, 0.1) is 0 Å². The van der Waals surface area contributed by atoms with Crippen molar-refractivity contribution in [2.75, 3.05) is 6.54 Å². The smallest absolute Gasteiger partial charge is 0.332 e. The van der Waals surface area contributed by atoms with Crippen molar-refractivity contribution in [1.29, 1.82) is 0 Å². The summed E-state index contributed by atoms with van der Waals surface area (Å²) in [4.78, 5) is 21.9. The maximum atomic E-state index is 11.8. The number of amides is 1. The van der Waals surface area contributed by atoms with Crippen molar-refractivity contribution in [3.05, 3.63) is 18.0 Å². The number of hydrogen-bond donors (Lipinski definition) is 4. The monoisotopic (exact) mass is 305 g/mol. The topological polar surface area (TPSA) is 152 Å². The maximum absolute atomic E-state index is 11.8. The van der Waals surface area contributed by atoms with Crippen LogP contribution in [0.25, 0.3) is 0 Å². The third-order valence-electron chi connectivity index (χ3n) is 2.53. The number of nitrogens with two attached hydrogens (primary N) is 1. The first-order chi connectivity index (χ1) is 9.12. The molecule has 1 heterocycles. The number of aliphatic hydroxyl groups is 1. The lowest BCUT2D eigenvalue weighted by Crippen LogP contribution is -2.30. The third kappa shape index (κ3) is 4.05. The van der Waals surface area contributed by atoms with Gasteiger partial charge in [0.25, 0.3) is 5.91 Å². The zero-order chi connectivity index (χ0) is 15.5. The van der Waals surface area contributed by atoms with E-state index >= 15 is 0 Å². The molecule has 0 radical (unpaired) electrons. The Labute approximate surface area is 115 Å². The molecule has 1 aromatic heterocycles. The number of carbonyl (C=O) groups excluding carboxylic acids is 1. The summed E-state index contributed by atoms with van der Waals surface area (Å²) in [5.74, 6) is -1.98. The molecule has 0 unspecified atom stereocenters. The van der Waals surface area contributed by atoms with Crippen LogP contribution in [0.2, 0.25) is 0 Å². The van der Waals surface area contributed by atoms with Gasteiger partial charge in [0.05, 0.1) is 0 Å². The Morgan fingerprint density at radius 2 is 2.10 bits per heavy atom. The van der Waals surface area contributed by atoms with Crippen molar-refractivity contribution >= 4 is 21.9 Å². The molecule has 1 rings (SSSR count). The van der Waals surface area contributed by atoms with E-state index in [0.29, 0.717) is 0 Å². The lowest BCUT2D eigenvalue weighted by atomic mass is 10.2. The Hall–Kier alpha value is -1.91. The SMILES string of the molecule is Cn1cc(S(N)(=O)=O)cc1C(=O)NCC[C@H](O)C(=O)O. The Kier molecular flexibility index (Phi) is 4.87. The minimum Gasteiger partial charge on any atom is -0.479 e. The summed E-state index contributed by atoms with van der Waals surface area (Å²) in [5, 5.41) is 24.8. The van der Waals surface area contributed by atoms with Crippen molar-refractivity contribution in [3.63, 3.8) is 0 Å². The molecule has 1 aromatic rings. The van der Waals surface area contributed by atoms with Gasteiger partial charge in [-0.25, -0.2) is 18.4 Å². The number of aliphatic hydroxyl groups excluding tert-OH is 1. The highest BCUT2D eigenvalue weighted by molar-refractivity contribution is 7.89. The van der Waals surface area contributed by atoms with E-state index in [0.717, 1.165) is 6.07 Å². The zero-order valence-corrected chi connectivity index (χ0v) is 11.4. The second-order valence-corrected chi connectivity index (χ2v) is 5.68. The quantitative estimate of drug-likeness (QED) is 0.488. The molecule has 20 heavy (non-hydrogen) atoms. The van der Waals surface area contributed by atoms with E-state index in [4.69, 9.17) is 15.4 Å². The highest BCUT2D eigenvalue weighted by Gasteiger charge is 2.18. The highest BCUT2D eigenvalue weighted by atomic mass is 32.2. The first-order valence-electron chi connectivity index (χ1n) is 5.51. The van der Waals surface area contributed by atoms with Crippen LogP contribution in [0.3, 0.4) is 0 Å². The summed E-state index contributed by atoms with van der Waals surface area (Å²) in [6.07, 6.45) is -0.534. The van der Waals surface area contributed by atoms with Gasteiger partial charge in [-0.05, 0) is 6.07 Å². The van der Waals surface area contributed by atoms with Gasteiger partial charge >= 0.3 is 5.97 Å². The van der Waals surface area contributed by atoms with E-state index in [1.54, 1.807) is 0 Å². The minimum absolute atomic E-state index is 0.0545. The number of nitrogens with one attached hydrogen (secondary N) is 1. The summed E-state index contributed by atoms with van der Waals surface area (Å²) in [6, 6.07) is 1.11. The van der Waals surface area contributed by atoms with Crippen LogP contribution >= 0.6 is 0 Å². The number of aromatic nitrogens is 1. The predicted octanol–water partition coefficient (Wildman–Crippen LogP) is -1.76. The summed E-state index contributed by atoms with van der Waals surface area (Å²) >= 11 is 0. The standard InChI is InChI=1S/C10H15N3O6S/c1-13-5-6(20(11,18)19)4-7(13)9(15)12-3-2-8(14)10(16)17/h4-5,8,14H,2-3H2,1H3,(H,12,15)(H,16,17)(H2,11,18,19)/t8-/m0/s1. The molecule has 1 atom stereocenters. The summed E-state index contributed by atoms with van der Waals surface area (Å²) < 4.78 is 23.5. The van der Waals surface area contributed by atoms with Gasteiger partial charge in [-0.1, -0.05) is 0 Å². The number of rotatable bonds is 6. The van der Waals surface area contributed by atoms with E-state index in [1.165, 1.54) is 17.8 Å². The number of primary sulfonamides is 1. The van der Waals surface area contributed by atoms with E-state index < -0.39 is 28.0 Å². The summed E-state index contributed by atoms with van der Waals surface area (Å²) in [7, 11) is -2.43. The summed E-state index contributed by atoms with van der Waals surface area (Å²) in [5.41, 5.74) is 0.0545. The number of carbonyl (C=O) groups is 2. The lowest BCUT2D eigenvalue weighted by molar-refractivity contribution is -0.146. The molecule has 0 saturated carbocycles. The number of aryl methyl sites for hydroxylation is 1. The van der Waals surface area contributed by atoms with Gasteiger partial charge < -0.3 is 20.1 Å². The molecule has 0 aliphatic carbocycles. The zero-order valence-electron chi connectivity index (χ0n) is 10.6. The molecular weight excluding hydrogens is 290 g/mol. The molecule has 5 N–H and O–H groups in total. The Morgan fingerprint density at radius 3 is 2.55 bits per heavy atom. The Morgan fingerprint density at radius 1 is 1.50 bits per heavy atom. The number of hydrogen-bond acceptors (Lipinski definition) is 5. The van der Waals surface area contributed by atoms with E-state index in [2.05, 4.69) is 5.32 Å². The molecule has 1 amide bonds. The number of carboxylic acids is 1. The van der Waals surface area contributed by atoms with E-state index in [9.17, 15) is 18.0 Å². The van der Waals surface area contributed by atoms with Crippen LogP contribution in [0.4, 0.5) is 0 Å². The molecule has 0 aliphatic rings. The molecule has 0 saturated heterocycles. The molecule has 0 fully saturated rings. The van der Waals surface area contributed by atoms with Crippen molar-refractivity contribution in [1.82, 2.24) is 9.88 Å². The van der Waals surface area contributed by atoms with Crippen molar-refractivity contribution in [3.8, 4) is 0 Å². The van der Waals surface area contributed by atoms with E-state index in [-0.39, 0.29) is 23.6 Å². The third-order valence-corrected chi connectivity index (χ3v) is 3.41. The van der Waals surface area contributed by atoms with Gasteiger partial charge in [0.1, 0.15) is 10.6 Å².